The largest absolute Gasteiger partial charge is 0.465 e. The number of esters is 1. The van der Waals surface area contributed by atoms with Crippen LogP contribution in [0.25, 0.3) is 0 Å². The van der Waals surface area contributed by atoms with Crippen molar-refractivity contribution in [2.45, 2.75) is 32.2 Å². The normalized spacial score (nSPS) is 19.1. The van der Waals surface area contributed by atoms with Crippen LogP contribution in [0.4, 0.5) is 5.69 Å². The molecule has 1 saturated heterocycles. The van der Waals surface area contributed by atoms with Gasteiger partial charge in [-0.15, -0.1) is 11.3 Å². The van der Waals surface area contributed by atoms with Crippen molar-refractivity contribution in [3.05, 3.63) is 16.3 Å². The summed E-state index contributed by atoms with van der Waals surface area (Å²) in [6.45, 7) is 3.16. The van der Waals surface area contributed by atoms with E-state index in [0.29, 0.717) is 16.0 Å². The Kier molecular flexibility index (Phi) is 4.76. The Bertz CT molecular complexity index is 473. The van der Waals surface area contributed by atoms with Gasteiger partial charge in [-0.25, -0.2) is 4.79 Å². The van der Waals surface area contributed by atoms with Gasteiger partial charge in [-0.1, -0.05) is 0 Å². The second-order valence-corrected chi connectivity index (χ2v) is 5.93. The van der Waals surface area contributed by atoms with Gasteiger partial charge in [0.25, 0.3) is 0 Å². The number of hydrogen-bond acceptors (Lipinski definition) is 4. The molecule has 104 valence electrons. The van der Waals surface area contributed by atoms with E-state index in [9.17, 15) is 4.79 Å². The minimum atomic E-state index is -0.327. The molecule has 0 bridgehead atoms. The van der Waals surface area contributed by atoms with Crippen molar-refractivity contribution in [3.63, 3.8) is 0 Å². The van der Waals surface area contributed by atoms with Gasteiger partial charge in [0.1, 0.15) is 4.88 Å². The number of hydrogen-bond donors (Lipinski definition) is 1. The number of anilines is 1. The van der Waals surface area contributed by atoms with Crippen molar-refractivity contribution in [2.24, 2.45) is 0 Å². The third kappa shape index (κ3) is 3.25. The van der Waals surface area contributed by atoms with Crippen LogP contribution in [0, 0.1) is 0 Å². The lowest BCUT2D eigenvalue weighted by Gasteiger charge is -2.35. The first-order valence-corrected chi connectivity index (χ1v) is 7.65. The molecule has 1 N–H and O–H groups in total. The van der Waals surface area contributed by atoms with Crippen LogP contribution in [0.15, 0.2) is 11.4 Å². The van der Waals surface area contributed by atoms with Crippen molar-refractivity contribution < 1.29 is 9.53 Å². The first kappa shape index (κ1) is 14.3. The topological polar surface area (TPSA) is 41.6 Å². The van der Waals surface area contributed by atoms with Crippen molar-refractivity contribution in [2.75, 3.05) is 19.0 Å². The standard InChI is InChI=1S/C13H18N2O2S2/c1-9-5-3-4-7-15(9)13(18)14-10-6-8-19-11(10)12(16)17-2/h6,8-9H,3-5,7H2,1-2H3,(H,14,18)/t9-/m1/s1. The summed E-state index contributed by atoms with van der Waals surface area (Å²) in [6.07, 6.45) is 3.58. The first-order chi connectivity index (χ1) is 9.13. The highest BCUT2D eigenvalue weighted by molar-refractivity contribution is 7.80. The second-order valence-electron chi connectivity index (χ2n) is 4.62. The van der Waals surface area contributed by atoms with Crippen LogP contribution in [0.2, 0.25) is 0 Å². The number of carbonyl (C=O) groups excluding carboxylic acids is 1. The molecule has 1 fully saturated rings. The van der Waals surface area contributed by atoms with Crippen LogP contribution in [0.1, 0.15) is 35.9 Å². The molecule has 0 amide bonds. The Labute approximate surface area is 122 Å². The van der Waals surface area contributed by atoms with Gasteiger partial charge >= 0.3 is 5.97 Å². The monoisotopic (exact) mass is 298 g/mol. The number of ether oxygens (including phenoxy) is 1. The van der Waals surface area contributed by atoms with E-state index in [4.69, 9.17) is 17.0 Å². The number of rotatable bonds is 2. The van der Waals surface area contributed by atoms with Crippen LogP contribution in [0.5, 0.6) is 0 Å². The summed E-state index contributed by atoms with van der Waals surface area (Å²) in [7, 11) is 1.39. The molecule has 0 radical (unpaired) electrons. The molecule has 0 saturated carbocycles. The van der Waals surface area contributed by atoms with E-state index in [1.807, 2.05) is 11.4 Å². The lowest BCUT2D eigenvalue weighted by Crippen LogP contribution is -2.44. The molecule has 1 aliphatic heterocycles. The predicted octanol–water partition coefficient (Wildman–Crippen LogP) is 3.11. The van der Waals surface area contributed by atoms with Crippen LogP contribution in [-0.2, 0) is 4.74 Å². The zero-order valence-corrected chi connectivity index (χ0v) is 12.8. The van der Waals surface area contributed by atoms with E-state index in [-0.39, 0.29) is 5.97 Å². The predicted molar refractivity (Wildman–Crippen MR) is 81.9 cm³/mol. The average Bonchev–Trinajstić information content (AvgIpc) is 2.86. The quantitative estimate of drug-likeness (QED) is 0.671. The lowest BCUT2D eigenvalue weighted by atomic mass is 10.0. The van der Waals surface area contributed by atoms with E-state index in [1.54, 1.807) is 0 Å². The fraction of sp³-hybridized carbons (Fsp3) is 0.538. The summed E-state index contributed by atoms with van der Waals surface area (Å²) >= 11 is 6.81. The van der Waals surface area contributed by atoms with E-state index in [0.717, 1.165) is 18.7 Å². The summed E-state index contributed by atoms with van der Waals surface area (Å²) < 4.78 is 4.76. The van der Waals surface area contributed by atoms with Gasteiger partial charge in [-0.05, 0) is 49.9 Å². The van der Waals surface area contributed by atoms with E-state index < -0.39 is 0 Å². The average molecular weight is 298 g/mol. The Hall–Kier alpha value is -1.14. The SMILES string of the molecule is COC(=O)c1sccc1NC(=S)N1CCCC[C@H]1C. The molecule has 19 heavy (non-hydrogen) atoms. The van der Waals surface area contributed by atoms with E-state index >= 15 is 0 Å². The third-order valence-electron chi connectivity index (χ3n) is 3.34. The molecule has 6 heteroatoms. The molecule has 0 spiro atoms. The van der Waals surface area contributed by atoms with Crippen molar-refractivity contribution >= 4 is 40.3 Å². The maximum atomic E-state index is 11.6. The van der Waals surface area contributed by atoms with Gasteiger partial charge < -0.3 is 15.0 Å². The summed E-state index contributed by atoms with van der Waals surface area (Å²) in [5.41, 5.74) is 0.736. The number of thiocarbonyl (C=S) groups is 1. The molecule has 0 aliphatic carbocycles. The summed E-state index contributed by atoms with van der Waals surface area (Å²) in [4.78, 5) is 14.4. The van der Waals surface area contributed by atoms with E-state index in [1.165, 1.54) is 31.3 Å². The third-order valence-corrected chi connectivity index (χ3v) is 4.57. The Morgan fingerprint density at radius 3 is 3.05 bits per heavy atom. The van der Waals surface area contributed by atoms with Gasteiger partial charge in [0.05, 0.1) is 12.8 Å². The van der Waals surface area contributed by atoms with Gasteiger partial charge in [-0.3, -0.25) is 0 Å². The summed E-state index contributed by atoms with van der Waals surface area (Å²) in [6, 6.07) is 2.31. The smallest absolute Gasteiger partial charge is 0.350 e. The molecule has 1 aliphatic rings. The van der Waals surface area contributed by atoms with Crippen LogP contribution < -0.4 is 5.32 Å². The number of nitrogens with zero attached hydrogens (tertiary/aromatic N) is 1. The Balaban J connectivity index is 2.06. The van der Waals surface area contributed by atoms with Crippen molar-refractivity contribution in [1.29, 1.82) is 0 Å². The molecular formula is C13H18N2O2S2. The first-order valence-electron chi connectivity index (χ1n) is 6.37. The summed E-state index contributed by atoms with van der Waals surface area (Å²) in [5, 5.41) is 5.72. The number of carbonyl (C=O) groups is 1. The highest BCUT2D eigenvalue weighted by Gasteiger charge is 2.22. The van der Waals surface area contributed by atoms with Crippen molar-refractivity contribution in [1.82, 2.24) is 4.90 Å². The van der Waals surface area contributed by atoms with E-state index in [2.05, 4.69) is 17.1 Å². The fourth-order valence-electron chi connectivity index (χ4n) is 2.25. The number of nitrogens with one attached hydrogen (secondary N) is 1. The number of thiophene rings is 1. The Morgan fingerprint density at radius 2 is 2.37 bits per heavy atom. The molecule has 0 unspecified atom stereocenters. The molecule has 1 aromatic rings. The lowest BCUT2D eigenvalue weighted by molar-refractivity contribution is 0.0607. The highest BCUT2D eigenvalue weighted by atomic mass is 32.1. The number of likely N-dealkylation sites (tertiary alicyclic amines) is 1. The maximum Gasteiger partial charge on any atom is 0.350 e. The zero-order chi connectivity index (χ0) is 13.8. The highest BCUT2D eigenvalue weighted by Crippen LogP contribution is 2.25. The minimum absolute atomic E-state index is 0.327. The Morgan fingerprint density at radius 1 is 1.58 bits per heavy atom. The fourth-order valence-corrected chi connectivity index (χ4v) is 3.39. The second kappa shape index (κ2) is 6.34. The molecule has 1 atom stereocenters. The zero-order valence-electron chi connectivity index (χ0n) is 11.1. The molecular weight excluding hydrogens is 280 g/mol. The maximum absolute atomic E-state index is 11.6. The minimum Gasteiger partial charge on any atom is -0.465 e. The van der Waals surface area contributed by atoms with Gasteiger partial charge in [-0.2, -0.15) is 0 Å². The van der Waals surface area contributed by atoms with Gasteiger partial charge in [0.2, 0.25) is 0 Å². The molecule has 2 rings (SSSR count). The van der Waals surface area contributed by atoms with Gasteiger partial charge in [0, 0.05) is 12.6 Å². The molecule has 0 aromatic carbocycles. The number of piperidine rings is 1. The van der Waals surface area contributed by atoms with Crippen LogP contribution in [-0.4, -0.2) is 35.7 Å². The van der Waals surface area contributed by atoms with Crippen LogP contribution in [0.3, 0.4) is 0 Å². The molecule has 2 heterocycles. The molecule has 4 nitrogen and oxygen atoms in total. The van der Waals surface area contributed by atoms with Crippen molar-refractivity contribution in [3.8, 4) is 0 Å². The van der Waals surface area contributed by atoms with Gasteiger partial charge in [0.15, 0.2) is 5.11 Å². The molecule has 1 aromatic heterocycles. The number of methoxy groups -OCH3 is 1. The summed E-state index contributed by atoms with van der Waals surface area (Å²) in [5.74, 6) is -0.327. The van der Waals surface area contributed by atoms with Crippen LogP contribution >= 0.6 is 23.6 Å².